The van der Waals surface area contributed by atoms with Gasteiger partial charge in [-0.15, -0.1) is 0 Å². The van der Waals surface area contributed by atoms with Gasteiger partial charge in [-0.1, -0.05) is 12.1 Å². The minimum atomic E-state index is -0.679. The van der Waals surface area contributed by atoms with Crippen LogP contribution in [0.4, 0.5) is 31.7 Å². The fourth-order valence-corrected chi connectivity index (χ4v) is 6.55. The Balaban J connectivity index is 1.33. The summed E-state index contributed by atoms with van der Waals surface area (Å²) in [5.41, 5.74) is 1.60. The number of anilines is 4. The van der Waals surface area contributed by atoms with Crippen LogP contribution in [0.5, 0.6) is 6.01 Å². The molecule has 0 spiro atoms. The molecule has 3 fully saturated rings. The fourth-order valence-electron chi connectivity index (χ4n) is 6.55. The molecule has 5 heterocycles. The first-order valence-corrected chi connectivity index (χ1v) is 13.7. The van der Waals surface area contributed by atoms with Gasteiger partial charge in [0.1, 0.15) is 23.6 Å². The molecular weight excluding hydrogens is 488 g/mol. The lowest BCUT2D eigenvalue weighted by Gasteiger charge is -2.35. The lowest BCUT2D eigenvalue weighted by atomic mass is 10.1. The molecule has 2 aromatic carbocycles. The van der Waals surface area contributed by atoms with E-state index >= 15 is 8.78 Å². The summed E-state index contributed by atoms with van der Waals surface area (Å²) in [4.78, 5) is 15.4. The lowest BCUT2D eigenvalue weighted by Crippen LogP contribution is -2.51. The topological polar surface area (TPSA) is 68.8 Å². The Kier molecular flexibility index (Phi) is 5.96. The van der Waals surface area contributed by atoms with Gasteiger partial charge in [-0.05, 0) is 57.5 Å². The zero-order chi connectivity index (χ0) is 25.8. The van der Waals surface area contributed by atoms with E-state index in [1.165, 1.54) is 6.07 Å². The van der Waals surface area contributed by atoms with Crippen LogP contribution in [0, 0.1) is 11.6 Å². The van der Waals surface area contributed by atoms with Crippen molar-refractivity contribution >= 4 is 33.8 Å². The van der Waals surface area contributed by atoms with Crippen molar-refractivity contribution in [2.75, 3.05) is 61.5 Å². The zero-order valence-electron chi connectivity index (χ0n) is 21.6. The number of ether oxygens (including phenoxy) is 1. The highest BCUT2D eigenvalue weighted by molar-refractivity contribution is 5.94. The molecule has 4 aliphatic heterocycles. The standard InChI is InChI=1S/C28H33F2N7O/c1-35-11-4-5-19(35)16-38-28-33-25-20(27(34-28)36-14-17-8-9-18(15-36)32-17)13-21(29)26(24(25)30)37-12-10-31-22-6-2-3-7-23(22)37/h2-3,6-7,13,17-19,31-32H,4-5,8-12,14-16H2,1H3/t17-,18+,19-/m0/s1. The zero-order valence-corrected chi connectivity index (χ0v) is 21.6. The normalized spacial score (nSPS) is 25.1. The number of aromatic nitrogens is 2. The van der Waals surface area contributed by atoms with Crippen LogP contribution in [-0.4, -0.2) is 79.4 Å². The molecule has 2 N–H and O–H groups in total. The van der Waals surface area contributed by atoms with Gasteiger partial charge in [-0.2, -0.15) is 9.97 Å². The number of rotatable bonds is 5. The van der Waals surface area contributed by atoms with Crippen molar-refractivity contribution in [1.82, 2.24) is 20.2 Å². The summed E-state index contributed by atoms with van der Waals surface area (Å²) in [5, 5.41) is 7.32. The van der Waals surface area contributed by atoms with E-state index in [1.807, 2.05) is 24.3 Å². The average molecular weight is 522 g/mol. The number of piperazine rings is 1. The minimum Gasteiger partial charge on any atom is -0.462 e. The largest absolute Gasteiger partial charge is 0.462 e. The third-order valence-electron chi connectivity index (χ3n) is 8.53. The van der Waals surface area contributed by atoms with Gasteiger partial charge in [-0.3, -0.25) is 0 Å². The Bertz CT molecular complexity index is 1360. The second kappa shape index (κ2) is 9.50. The molecule has 4 aliphatic rings. The van der Waals surface area contributed by atoms with Crippen LogP contribution in [0.3, 0.4) is 0 Å². The molecule has 0 unspecified atom stereocenters. The molecule has 0 radical (unpaired) electrons. The summed E-state index contributed by atoms with van der Waals surface area (Å²) < 4.78 is 38.4. The number of para-hydroxylation sites is 2. The Labute approximate surface area is 221 Å². The van der Waals surface area contributed by atoms with Gasteiger partial charge in [0, 0.05) is 49.7 Å². The molecule has 1 aromatic heterocycles. The van der Waals surface area contributed by atoms with Crippen molar-refractivity contribution in [2.45, 2.75) is 43.8 Å². The maximum atomic E-state index is 16.4. The molecule has 2 bridgehead atoms. The third-order valence-corrected chi connectivity index (χ3v) is 8.53. The Morgan fingerprint density at radius 3 is 2.66 bits per heavy atom. The molecule has 0 amide bonds. The quantitative estimate of drug-likeness (QED) is 0.525. The maximum Gasteiger partial charge on any atom is 0.319 e. The van der Waals surface area contributed by atoms with Crippen molar-refractivity contribution in [3.63, 3.8) is 0 Å². The summed E-state index contributed by atoms with van der Waals surface area (Å²) in [6.45, 7) is 3.97. The highest BCUT2D eigenvalue weighted by atomic mass is 19.1. The number of hydrogen-bond acceptors (Lipinski definition) is 8. The van der Waals surface area contributed by atoms with Gasteiger partial charge in [-0.25, -0.2) is 8.78 Å². The van der Waals surface area contributed by atoms with E-state index in [-0.39, 0.29) is 23.3 Å². The molecule has 8 nitrogen and oxygen atoms in total. The van der Waals surface area contributed by atoms with Crippen molar-refractivity contribution < 1.29 is 13.5 Å². The summed E-state index contributed by atoms with van der Waals surface area (Å²) in [7, 11) is 2.09. The molecular formula is C28H33F2N7O. The molecule has 3 saturated heterocycles. The summed E-state index contributed by atoms with van der Waals surface area (Å²) in [6.07, 6.45) is 4.36. The second-order valence-electron chi connectivity index (χ2n) is 11.0. The van der Waals surface area contributed by atoms with E-state index in [4.69, 9.17) is 9.72 Å². The van der Waals surface area contributed by atoms with Gasteiger partial charge in [0.15, 0.2) is 11.6 Å². The van der Waals surface area contributed by atoms with E-state index in [2.05, 4.69) is 32.5 Å². The smallest absolute Gasteiger partial charge is 0.319 e. The van der Waals surface area contributed by atoms with E-state index < -0.39 is 11.6 Å². The van der Waals surface area contributed by atoms with E-state index in [0.717, 1.165) is 56.7 Å². The molecule has 0 aliphatic carbocycles. The van der Waals surface area contributed by atoms with Crippen molar-refractivity contribution in [3.8, 4) is 6.01 Å². The van der Waals surface area contributed by atoms with E-state index in [1.54, 1.807) is 4.90 Å². The first-order valence-electron chi connectivity index (χ1n) is 13.7. The molecule has 38 heavy (non-hydrogen) atoms. The van der Waals surface area contributed by atoms with Crippen LogP contribution in [0.15, 0.2) is 30.3 Å². The van der Waals surface area contributed by atoms with Crippen molar-refractivity contribution in [2.24, 2.45) is 0 Å². The van der Waals surface area contributed by atoms with Gasteiger partial charge >= 0.3 is 6.01 Å². The summed E-state index contributed by atoms with van der Waals surface area (Å²) in [5.74, 6) is -0.745. The van der Waals surface area contributed by atoms with Crippen LogP contribution in [0.2, 0.25) is 0 Å². The van der Waals surface area contributed by atoms with Crippen LogP contribution in [0.25, 0.3) is 10.9 Å². The van der Waals surface area contributed by atoms with Gasteiger partial charge in [0.2, 0.25) is 0 Å². The molecule has 200 valence electrons. The molecule has 0 saturated carbocycles. The van der Waals surface area contributed by atoms with E-state index in [0.29, 0.717) is 43.0 Å². The third kappa shape index (κ3) is 4.10. The Morgan fingerprint density at radius 1 is 1.05 bits per heavy atom. The number of nitrogens with one attached hydrogen (secondary N) is 2. The lowest BCUT2D eigenvalue weighted by molar-refractivity contribution is 0.188. The summed E-state index contributed by atoms with van der Waals surface area (Å²) >= 11 is 0. The SMILES string of the molecule is CN1CCC[C@H]1COc1nc(N2C[C@H]3CC[C@@H](C2)N3)c2cc(F)c(N3CCNc4ccccc43)c(F)c2n1. The first kappa shape index (κ1) is 23.8. The van der Waals surface area contributed by atoms with Gasteiger partial charge in [0.05, 0.1) is 11.4 Å². The van der Waals surface area contributed by atoms with Crippen LogP contribution in [-0.2, 0) is 0 Å². The number of halogens is 2. The number of fused-ring (bicyclic) bond motifs is 4. The predicted octanol–water partition coefficient (Wildman–Crippen LogP) is 3.89. The van der Waals surface area contributed by atoms with Crippen LogP contribution in [0.1, 0.15) is 25.7 Å². The molecule has 10 heteroatoms. The summed E-state index contributed by atoms with van der Waals surface area (Å²) in [6, 6.07) is 10.1. The van der Waals surface area contributed by atoms with Crippen molar-refractivity contribution in [3.05, 3.63) is 42.0 Å². The van der Waals surface area contributed by atoms with Crippen LogP contribution >= 0.6 is 0 Å². The Hall–Kier alpha value is -3.24. The molecule has 7 rings (SSSR count). The van der Waals surface area contributed by atoms with Gasteiger partial charge < -0.3 is 30.1 Å². The minimum absolute atomic E-state index is 0.0852. The second-order valence-corrected chi connectivity index (χ2v) is 11.0. The van der Waals surface area contributed by atoms with Crippen molar-refractivity contribution in [1.29, 1.82) is 0 Å². The van der Waals surface area contributed by atoms with E-state index in [9.17, 15) is 0 Å². The highest BCUT2D eigenvalue weighted by Gasteiger charge is 2.35. The highest BCUT2D eigenvalue weighted by Crippen LogP contribution is 2.41. The number of benzene rings is 2. The molecule has 3 atom stereocenters. The van der Waals surface area contributed by atoms with Crippen LogP contribution < -0.4 is 25.2 Å². The predicted molar refractivity (Wildman–Crippen MR) is 145 cm³/mol. The fraction of sp³-hybridized carbons (Fsp3) is 0.500. The monoisotopic (exact) mass is 521 g/mol. The number of hydrogen-bond donors (Lipinski definition) is 2. The average Bonchev–Trinajstić information content (AvgIpc) is 3.50. The number of likely N-dealkylation sites (N-methyl/N-ethyl adjacent to an activating group) is 1. The van der Waals surface area contributed by atoms with Gasteiger partial charge in [0.25, 0.3) is 0 Å². The Morgan fingerprint density at radius 2 is 1.87 bits per heavy atom. The first-order chi connectivity index (χ1) is 18.5. The maximum absolute atomic E-state index is 16.4. The number of nitrogens with zero attached hydrogens (tertiary/aromatic N) is 5. The molecule has 3 aromatic rings. The number of likely N-dealkylation sites (tertiary alicyclic amines) is 1.